The molecule has 0 saturated heterocycles. The number of ether oxygens (including phenoxy) is 1. The molecule has 21 heavy (non-hydrogen) atoms. The quantitative estimate of drug-likeness (QED) is 0.835. The molecule has 0 aromatic heterocycles. The van der Waals surface area contributed by atoms with Crippen LogP contribution in [0.5, 0.6) is 5.75 Å². The lowest BCUT2D eigenvalue weighted by Crippen LogP contribution is -2.43. The molecule has 0 fully saturated rings. The molecule has 0 radical (unpaired) electrons. The highest BCUT2D eigenvalue weighted by Gasteiger charge is 2.35. The van der Waals surface area contributed by atoms with Gasteiger partial charge in [-0.2, -0.15) is 0 Å². The van der Waals surface area contributed by atoms with E-state index >= 15 is 0 Å². The maximum absolute atomic E-state index is 11.8. The van der Waals surface area contributed by atoms with Gasteiger partial charge in [0.2, 0.25) is 10.0 Å². The summed E-state index contributed by atoms with van der Waals surface area (Å²) in [5.74, 6) is 0.836. The number of aliphatic hydroxyl groups is 1. The van der Waals surface area contributed by atoms with Gasteiger partial charge in [0.05, 0.1) is 12.9 Å². The van der Waals surface area contributed by atoms with Gasteiger partial charge >= 0.3 is 0 Å². The van der Waals surface area contributed by atoms with Gasteiger partial charge in [0.1, 0.15) is 11.4 Å². The van der Waals surface area contributed by atoms with Gasteiger partial charge in [0.15, 0.2) is 0 Å². The zero-order valence-electron chi connectivity index (χ0n) is 12.6. The molecule has 1 unspecified atom stereocenters. The van der Waals surface area contributed by atoms with Crippen molar-refractivity contribution in [2.45, 2.75) is 38.2 Å². The predicted octanol–water partition coefficient (Wildman–Crippen LogP) is 1.55. The lowest BCUT2D eigenvalue weighted by Gasteiger charge is -2.34. The van der Waals surface area contributed by atoms with Crippen molar-refractivity contribution in [2.24, 2.45) is 0 Å². The second-order valence-corrected chi connectivity index (χ2v) is 7.47. The third-order valence-corrected chi connectivity index (χ3v) is 5.44. The zero-order valence-corrected chi connectivity index (χ0v) is 13.4. The molecule has 2 rings (SSSR count). The standard InChI is InChI=1S/C15H23NO4S/c1-3-9-21(18,19)16-11-15(17)8-4-5-12-10-13(20-2)6-7-14(12)15/h6-7,10,16-17H,3-5,8-9,11H2,1-2H3. The first-order chi connectivity index (χ1) is 9.90. The summed E-state index contributed by atoms with van der Waals surface area (Å²) in [6.07, 6.45) is 2.81. The van der Waals surface area contributed by atoms with E-state index < -0.39 is 15.6 Å². The largest absolute Gasteiger partial charge is 0.497 e. The fourth-order valence-electron chi connectivity index (χ4n) is 2.82. The topological polar surface area (TPSA) is 75.6 Å². The van der Waals surface area contributed by atoms with E-state index in [1.807, 2.05) is 19.1 Å². The van der Waals surface area contributed by atoms with Crippen LogP contribution in [0.1, 0.15) is 37.3 Å². The summed E-state index contributed by atoms with van der Waals surface area (Å²) in [5, 5.41) is 10.9. The SMILES string of the molecule is CCCS(=O)(=O)NCC1(O)CCCc2cc(OC)ccc21. The third-order valence-electron chi connectivity index (χ3n) is 3.91. The molecule has 1 aliphatic rings. The number of sulfonamides is 1. The van der Waals surface area contributed by atoms with Crippen molar-refractivity contribution in [3.8, 4) is 5.75 Å². The Morgan fingerprint density at radius 1 is 1.43 bits per heavy atom. The van der Waals surface area contributed by atoms with E-state index in [0.717, 1.165) is 29.7 Å². The van der Waals surface area contributed by atoms with Crippen molar-refractivity contribution in [3.63, 3.8) is 0 Å². The maximum atomic E-state index is 11.8. The van der Waals surface area contributed by atoms with Crippen LogP contribution in [-0.2, 0) is 22.0 Å². The number of rotatable bonds is 6. The molecule has 5 nitrogen and oxygen atoms in total. The van der Waals surface area contributed by atoms with Gasteiger partial charge in [-0.3, -0.25) is 0 Å². The maximum Gasteiger partial charge on any atom is 0.211 e. The van der Waals surface area contributed by atoms with Crippen molar-refractivity contribution < 1.29 is 18.3 Å². The highest BCUT2D eigenvalue weighted by Crippen LogP contribution is 2.36. The number of fused-ring (bicyclic) bond motifs is 1. The molecule has 0 heterocycles. The van der Waals surface area contributed by atoms with Gasteiger partial charge in [-0.25, -0.2) is 13.1 Å². The summed E-state index contributed by atoms with van der Waals surface area (Å²) in [7, 11) is -1.71. The average Bonchev–Trinajstić information content (AvgIpc) is 2.45. The molecule has 0 saturated carbocycles. The Bertz CT molecular complexity index is 600. The predicted molar refractivity (Wildman–Crippen MR) is 81.9 cm³/mol. The molecule has 118 valence electrons. The Hall–Kier alpha value is -1.11. The Balaban J connectivity index is 2.21. The summed E-state index contributed by atoms with van der Waals surface area (Å²) in [6.45, 7) is 1.84. The van der Waals surface area contributed by atoms with Crippen LogP contribution in [0.25, 0.3) is 0 Å². The highest BCUT2D eigenvalue weighted by atomic mass is 32.2. The molecule has 6 heteroatoms. The van der Waals surface area contributed by atoms with Crippen LogP contribution in [-0.4, -0.2) is 32.9 Å². The summed E-state index contributed by atoms with van der Waals surface area (Å²) >= 11 is 0. The van der Waals surface area contributed by atoms with Crippen molar-refractivity contribution >= 4 is 10.0 Å². The van der Waals surface area contributed by atoms with Crippen molar-refractivity contribution in [3.05, 3.63) is 29.3 Å². The van der Waals surface area contributed by atoms with Crippen LogP contribution >= 0.6 is 0 Å². The number of nitrogens with one attached hydrogen (secondary N) is 1. The molecule has 0 spiro atoms. The number of benzene rings is 1. The van der Waals surface area contributed by atoms with E-state index in [4.69, 9.17) is 4.74 Å². The smallest absolute Gasteiger partial charge is 0.211 e. The molecule has 1 aromatic carbocycles. The van der Waals surface area contributed by atoms with Crippen molar-refractivity contribution in [1.29, 1.82) is 0 Å². The first-order valence-electron chi connectivity index (χ1n) is 7.27. The van der Waals surface area contributed by atoms with Crippen molar-refractivity contribution in [2.75, 3.05) is 19.4 Å². The van der Waals surface area contributed by atoms with E-state index in [1.54, 1.807) is 13.2 Å². The molecule has 0 aliphatic heterocycles. The van der Waals surface area contributed by atoms with Crippen LogP contribution in [0, 0.1) is 0 Å². The van der Waals surface area contributed by atoms with E-state index in [-0.39, 0.29) is 12.3 Å². The molecule has 0 amide bonds. The van der Waals surface area contributed by atoms with Crippen LogP contribution in [0.3, 0.4) is 0 Å². The van der Waals surface area contributed by atoms with Crippen LogP contribution in [0.2, 0.25) is 0 Å². The minimum absolute atomic E-state index is 0.0225. The summed E-state index contributed by atoms with van der Waals surface area (Å²) in [5.41, 5.74) is 0.687. The van der Waals surface area contributed by atoms with Crippen LogP contribution in [0.4, 0.5) is 0 Å². The Morgan fingerprint density at radius 3 is 2.86 bits per heavy atom. The third kappa shape index (κ3) is 3.75. The van der Waals surface area contributed by atoms with Gasteiger partial charge < -0.3 is 9.84 Å². The second kappa shape index (κ2) is 6.34. The van der Waals surface area contributed by atoms with Crippen molar-refractivity contribution in [1.82, 2.24) is 4.72 Å². The Kier molecular flexibility index (Phi) is 4.91. The minimum Gasteiger partial charge on any atom is -0.497 e. The summed E-state index contributed by atoms with van der Waals surface area (Å²) in [6, 6.07) is 5.55. The average molecular weight is 313 g/mol. The van der Waals surface area contributed by atoms with E-state index in [2.05, 4.69) is 4.72 Å². The molecule has 1 aliphatic carbocycles. The van der Waals surface area contributed by atoms with Gasteiger partial charge in [0, 0.05) is 6.54 Å². The van der Waals surface area contributed by atoms with E-state index in [9.17, 15) is 13.5 Å². The van der Waals surface area contributed by atoms with Gasteiger partial charge in [-0.15, -0.1) is 0 Å². The molecule has 2 N–H and O–H groups in total. The minimum atomic E-state index is -3.32. The number of hydrogen-bond acceptors (Lipinski definition) is 4. The summed E-state index contributed by atoms with van der Waals surface area (Å²) in [4.78, 5) is 0. The normalized spacial score (nSPS) is 21.9. The van der Waals surface area contributed by atoms with Gasteiger partial charge in [-0.05, 0) is 48.9 Å². The van der Waals surface area contributed by atoms with Gasteiger partial charge in [-0.1, -0.05) is 13.0 Å². The van der Waals surface area contributed by atoms with Crippen LogP contribution < -0.4 is 9.46 Å². The Labute approximate surface area is 126 Å². The number of aryl methyl sites for hydroxylation is 1. The number of methoxy groups -OCH3 is 1. The Morgan fingerprint density at radius 2 is 2.19 bits per heavy atom. The molecular formula is C15H23NO4S. The highest BCUT2D eigenvalue weighted by molar-refractivity contribution is 7.89. The fourth-order valence-corrected chi connectivity index (χ4v) is 3.96. The van der Waals surface area contributed by atoms with Gasteiger partial charge in [0.25, 0.3) is 0 Å². The lowest BCUT2D eigenvalue weighted by atomic mass is 9.79. The molecular weight excluding hydrogens is 290 g/mol. The second-order valence-electron chi connectivity index (χ2n) is 5.55. The van der Waals surface area contributed by atoms with E-state index in [1.165, 1.54) is 0 Å². The van der Waals surface area contributed by atoms with Crippen LogP contribution in [0.15, 0.2) is 18.2 Å². The molecule has 1 atom stereocenters. The summed E-state index contributed by atoms with van der Waals surface area (Å²) < 4.78 is 31.3. The molecule has 1 aromatic rings. The fraction of sp³-hybridized carbons (Fsp3) is 0.600. The first kappa shape index (κ1) is 16.3. The van der Waals surface area contributed by atoms with E-state index in [0.29, 0.717) is 12.8 Å². The number of hydrogen-bond donors (Lipinski definition) is 2. The molecule has 0 bridgehead atoms. The zero-order chi connectivity index (χ0) is 15.5. The first-order valence-corrected chi connectivity index (χ1v) is 8.92. The lowest BCUT2D eigenvalue weighted by molar-refractivity contribution is 0.0242. The monoisotopic (exact) mass is 313 g/mol.